The molecule has 1 spiro atoms. The minimum Gasteiger partial charge on any atom is -0.347 e. The van der Waals surface area contributed by atoms with Crippen molar-refractivity contribution < 1.29 is 9.47 Å². The highest BCUT2D eigenvalue weighted by molar-refractivity contribution is 5.45. The van der Waals surface area contributed by atoms with Crippen LogP contribution in [0.1, 0.15) is 72.1 Å². The first-order valence-corrected chi connectivity index (χ1v) is 10.8. The molecule has 5 aliphatic rings. The monoisotopic (exact) mass is 354 g/mol. The SMILES string of the molecule is C/C=C/[C@@]1(C)CC[C@H]2[C@@H]3CCC4=C(CCC5(C4)OCCO5)C3=CC[C@@]21C. The van der Waals surface area contributed by atoms with E-state index in [0.717, 1.165) is 44.3 Å². The Morgan fingerprint density at radius 2 is 1.88 bits per heavy atom. The molecule has 0 amide bonds. The molecule has 0 aromatic rings. The maximum Gasteiger partial charge on any atom is 0.172 e. The van der Waals surface area contributed by atoms with Gasteiger partial charge in [0.25, 0.3) is 0 Å². The zero-order valence-corrected chi connectivity index (χ0v) is 16.8. The predicted octanol–water partition coefficient (Wildman–Crippen LogP) is 5.95. The van der Waals surface area contributed by atoms with E-state index in [-0.39, 0.29) is 5.79 Å². The van der Waals surface area contributed by atoms with Gasteiger partial charge in [-0.2, -0.15) is 0 Å². The topological polar surface area (TPSA) is 18.5 Å². The lowest BCUT2D eigenvalue weighted by Crippen LogP contribution is -2.43. The molecular formula is C24H34O2. The fraction of sp³-hybridized carbons (Fsp3) is 0.750. The van der Waals surface area contributed by atoms with E-state index in [4.69, 9.17) is 9.47 Å². The Morgan fingerprint density at radius 3 is 2.65 bits per heavy atom. The highest BCUT2D eigenvalue weighted by atomic mass is 16.7. The lowest BCUT2D eigenvalue weighted by molar-refractivity contribution is -0.164. The quantitative estimate of drug-likeness (QED) is 0.542. The van der Waals surface area contributed by atoms with Gasteiger partial charge in [0, 0.05) is 12.8 Å². The van der Waals surface area contributed by atoms with Crippen LogP contribution in [0.2, 0.25) is 0 Å². The number of allylic oxidation sites excluding steroid dienone is 5. The first-order chi connectivity index (χ1) is 12.5. The number of rotatable bonds is 1. The molecule has 2 heteroatoms. The average Bonchev–Trinajstić information content (AvgIpc) is 3.18. The summed E-state index contributed by atoms with van der Waals surface area (Å²) >= 11 is 0. The molecule has 4 atom stereocenters. The lowest BCUT2D eigenvalue weighted by atomic mass is 9.53. The molecule has 2 nitrogen and oxygen atoms in total. The molecule has 0 aromatic heterocycles. The first-order valence-electron chi connectivity index (χ1n) is 10.8. The van der Waals surface area contributed by atoms with Gasteiger partial charge in [0.2, 0.25) is 0 Å². The van der Waals surface area contributed by atoms with E-state index in [0.29, 0.717) is 10.8 Å². The number of hydrogen-bond donors (Lipinski definition) is 0. The molecule has 0 aromatic carbocycles. The summed E-state index contributed by atoms with van der Waals surface area (Å²) in [7, 11) is 0. The summed E-state index contributed by atoms with van der Waals surface area (Å²) < 4.78 is 12.0. The van der Waals surface area contributed by atoms with Crippen molar-refractivity contribution in [1.29, 1.82) is 0 Å². The van der Waals surface area contributed by atoms with Crippen LogP contribution in [0.3, 0.4) is 0 Å². The molecule has 0 radical (unpaired) electrons. The average molecular weight is 355 g/mol. The largest absolute Gasteiger partial charge is 0.347 e. The number of hydrogen-bond acceptors (Lipinski definition) is 2. The Bertz CT molecular complexity index is 693. The van der Waals surface area contributed by atoms with Crippen LogP contribution in [0, 0.1) is 22.7 Å². The Kier molecular flexibility index (Phi) is 3.86. The molecule has 0 bridgehead atoms. The molecule has 1 aliphatic heterocycles. The molecule has 0 unspecified atom stereocenters. The van der Waals surface area contributed by atoms with Crippen LogP contribution in [-0.2, 0) is 9.47 Å². The Labute approximate surface area is 158 Å². The van der Waals surface area contributed by atoms with Gasteiger partial charge in [-0.05, 0) is 79.3 Å². The van der Waals surface area contributed by atoms with Gasteiger partial charge in [-0.1, -0.05) is 37.6 Å². The summed E-state index contributed by atoms with van der Waals surface area (Å²) in [6.45, 7) is 8.83. The van der Waals surface area contributed by atoms with E-state index < -0.39 is 0 Å². The van der Waals surface area contributed by atoms with Crippen molar-refractivity contribution in [3.63, 3.8) is 0 Å². The third-order valence-electron chi connectivity index (χ3n) is 8.85. The molecule has 142 valence electrons. The number of fused-ring (bicyclic) bond motifs is 4. The van der Waals surface area contributed by atoms with Gasteiger partial charge in [0.15, 0.2) is 5.79 Å². The molecule has 1 heterocycles. The summed E-state index contributed by atoms with van der Waals surface area (Å²) in [5.74, 6) is 1.37. The van der Waals surface area contributed by atoms with Gasteiger partial charge in [0.1, 0.15) is 0 Å². The standard InChI is InChI=1S/C24H34O2/c1-4-10-22(2)11-9-21-20-6-5-17-16-24(25-14-15-26-24)13-8-18(17)19(20)7-12-23(21,22)3/h4,7,10,20-21H,5-6,8-9,11-16H2,1-3H3/b10-4+/t20-,21+,22+,23+/m1/s1. The highest BCUT2D eigenvalue weighted by Crippen LogP contribution is 2.66. The maximum atomic E-state index is 6.02. The van der Waals surface area contributed by atoms with E-state index in [1.165, 1.54) is 32.1 Å². The van der Waals surface area contributed by atoms with Gasteiger partial charge < -0.3 is 9.47 Å². The second kappa shape index (κ2) is 5.82. The van der Waals surface area contributed by atoms with Gasteiger partial charge in [0.05, 0.1) is 13.2 Å². The van der Waals surface area contributed by atoms with Gasteiger partial charge >= 0.3 is 0 Å². The molecule has 4 aliphatic carbocycles. The van der Waals surface area contributed by atoms with E-state index in [2.05, 4.69) is 39.0 Å². The van der Waals surface area contributed by atoms with Crippen LogP contribution >= 0.6 is 0 Å². The van der Waals surface area contributed by atoms with Crippen LogP contribution in [0.5, 0.6) is 0 Å². The van der Waals surface area contributed by atoms with E-state index in [9.17, 15) is 0 Å². The zero-order valence-electron chi connectivity index (χ0n) is 16.8. The summed E-state index contributed by atoms with van der Waals surface area (Å²) in [5, 5.41) is 0. The summed E-state index contributed by atoms with van der Waals surface area (Å²) in [6.07, 6.45) is 17.3. The molecule has 2 fully saturated rings. The normalized spacial score (nSPS) is 44.2. The molecule has 0 N–H and O–H groups in total. The maximum absolute atomic E-state index is 6.02. The minimum atomic E-state index is -0.271. The van der Waals surface area contributed by atoms with Crippen molar-refractivity contribution in [2.24, 2.45) is 22.7 Å². The van der Waals surface area contributed by atoms with Crippen LogP contribution < -0.4 is 0 Å². The van der Waals surface area contributed by atoms with Crippen molar-refractivity contribution in [3.8, 4) is 0 Å². The van der Waals surface area contributed by atoms with Crippen molar-refractivity contribution in [2.45, 2.75) is 77.9 Å². The Balaban J connectivity index is 1.48. The minimum absolute atomic E-state index is 0.271. The zero-order chi connectivity index (χ0) is 18.0. The fourth-order valence-corrected chi connectivity index (χ4v) is 7.22. The first kappa shape index (κ1) is 17.3. The van der Waals surface area contributed by atoms with E-state index in [1.807, 2.05) is 0 Å². The third kappa shape index (κ3) is 2.24. The van der Waals surface area contributed by atoms with E-state index in [1.54, 1.807) is 16.7 Å². The second-order valence-electron chi connectivity index (χ2n) is 9.86. The van der Waals surface area contributed by atoms with Crippen LogP contribution in [0.4, 0.5) is 0 Å². The summed E-state index contributed by atoms with van der Waals surface area (Å²) in [6, 6.07) is 0. The van der Waals surface area contributed by atoms with Crippen molar-refractivity contribution in [2.75, 3.05) is 13.2 Å². The highest BCUT2D eigenvalue weighted by Gasteiger charge is 2.57. The fourth-order valence-electron chi connectivity index (χ4n) is 7.22. The molecule has 1 saturated carbocycles. The third-order valence-corrected chi connectivity index (χ3v) is 8.85. The molecule has 1 saturated heterocycles. The number of ether oxygens (including phenoxy) is 2. The van der Waals surface area contributed by atoms with Crippen LogP contribution in [-0.4, -0.2) is 19.0 Å². The molecule has 26 heavy (non-hydrogen) atoms. The van der Waals surface area contributed by atoms with Crippen molar-refractivity contribution in [3.05, 3.63) is 34.9 Å². The molecule has 5 rings (SSSR count). The van der Waals surface area contributed by atoms with Gasteiger partial charge in [-0.25, -0.2) is 0 Å². The van der Waals surface area contributed by atoms with Gasteiger partial charge in [-0.3, -0.25) is 0 Å². The van der Waals surface area contributed by atoms with Gasteiger partial charge in [-0.15, -0.1) is 0 Å². The lowest BCUT2D eigenvalue weighted by Gasteiger charge is -2.51. The Hall–Kier alpha value is -0.860. The van der Waals surface area contributed by atoms with Crippen LogP contribution in [0.15, 0.2) is 34.9 Å². The smallest absolute Gasteiger partial charge is 0.172 e. The van der Waals surface area contributed by atoms with E-state index >= 15 is 0 Å². The molecular weight excluding hydrogens is 320 g/mol. The van der Waals surface area contributed by atoms with Crippen LogP contribution in [0.25, 0.3) is 0 Å². The second-order valence-corrected chi connectivity index (χ2v) is 9.86. The van der Waals surface area contributed by atoms with Crippen molar-refractivity contribution in [1.82, 2.24) is 0 Å². The Morgan fingerprint density at radius 1 is 1.08 bits per heavy atom. The summed E-state index contributed by atoms with van der Waals surface area (Å²) in [5.41, 5.74) is 5.88. The predicted molar refractivity (Wildman–Crippen MR) is 105 cm³/mol. The van der Waals surface area contributed by atoms with Crippen molar-refractivity contribution >= 4 is 0 Å². The summed E-state index contributed by atoms with van der Waals surface area (Å²) in [4.78, 5) is 0.